The second-order valence-corrected chi connectivity index (χ2v) is 9.75. The van der Waals surface area contributed by atoms with E-state index in [1.165, 1.54) is 17.5 Å². The first-order valence-electron chi connectivity index (χ1n) is 12.8. The third-order valence-corrected chi connectivity index (χ3v) is 7.23. The number of ether oxygens (including phenoxy) is 2. The molecule has 1 aliphatic heterocycles. The summed E-state index contributed by atoms with van der Waals surface area (Å²) in [5.74, 6) is 1.94. The Morgan fingerprint density at radius 2 is 1.89 bits per heavy atom. The number of anilines is 1. The summed E-state index contributed by atoms with van der Waals surface area (Å²) >= 11 is 0. The summed E-state index contributed by atoms with van der Waals surface area (Å²) in [5.41, 5.74) is 4.88. The number of piperidine rings is 1. The number of carbonyl (C=O) groups excluding carboxylic acids is 1. The van der Waals surface area contributed by atoms with E-state index >= 15 is 0 Å². The molecule has 5 rings (SSSR count). The number of aliphatic hydroxyl groups is 1. The molecule has 0 bridgehead atoms. The van der Waals surface area contributed by atoms with E-state index in [2.05, 4.69) is 29.3 Å². The fourth-order valence-electron chi connectivity index (χ4n) is 5.12. The minimum atomic E-state index is -0.796. The highest BCUT2D eigenvalue weighted by Gasteiger charge is 2.27. The number of rotatable bonds is 8. The number of aliphatic hydroxyl groups excluding tert-OH is 1. The molecule has 0 radical (unpaired) electrons. The average Bonchev–Trinajstić information content (AvgIpc) is 3.37. The molecule has 1 amide bonds. The van der Waals surface area contributed by atoms with Gasteiger partial charge in [0, 0.05) is 37.0 Å². The van der Waals surface area contributed by atoms with Crippen LogP contribution in [0.4, 0.5) is 5.95 Å². The van der Waals surface area contributed by atoms with Gasteiger partial charge in [-0.1, -0.05) is 6.07 Å². The van der Waals surface area contributed by atoms with Crippen LogP contribution in [0.1, 0.15) is 36.1 Å². The molecule has 2 N–H and O–H groups in total. The zero-order valence-electron chi connectivity index (χ0n) is 21.0. The van der Waals surface area contributed by atoms with Gasteiger partial charge < -0.3 is 24.8 Å². The molecule has 36 heavy (non-hydrogen) atoms. The van der Waals surface area contributed by atoms with Gasteiger partial charge in [0.25, 0.3) is 0 Å². The number of aryl methyl sites for hydroxylation is 3. The fourth-order valence-corrected chi connectivity index (χ4v) is 5.12. The Balaban J connectivity index is 1.11. The lowest BCUT2D eigenvalue weighted by atomic mass is 9.96. The van der Waals surface area contributed by atoms with Crippen LogP contribution in [0, 0.1) is 12.8 Å². The Morgan fingerprint density at radius 3 is 2.67 bits per heavy atom. The van der Waals surface area contributed by atoms with Crippen LogP contribution in [0.3, 0.4) is 0 Å². The van der Waals surface area contributed by atoms with E-state index in [0.717, 1.165) is 61.3 Å². The van der Waals surface area contributed by atoms with Crippen molar-refractivity contribution in [3.05, 3.63) is 53.2 Å². The Kier molecular flexibility index (Phi) is 7.23. The van der Waals surface area contributed by atoms with E-state index < -0.39 is 6.10 Å². The first-order valence-corrected chi connectivity index (χ1v) is 12.8. The number of hydrogen-bond acceptors (Lipinski definition) is 7. The number of nitrogens with one attached hydrogen (secondary N) is 1. The highest BCUT2D eigenvalue weighted by Crippen LogP contribution is 2.30. The summed E-state index contributed by atoms with van der Waals surface area (Å²) in [7, 11) is 1.59. The maximum absolute atomic E-state index is 12.7. The van der Waals surface area contributed by atoms with Crippen LogP contribution in [-0.4, -0.2) is 60.4 Å². The highest BCUT2D eigenvalue weighted by atomic mass is 16.5. The van der Waals surface area contributed by atoms with Crippen LogP contribution in [0.15, 0.2) is 36.4 Å². The molecule has 0 unspecified atom stereocenters. The van der Waals surface area contributed by atoms with Crippen molar-refractivity contribution < 1.29 is 19.4 Å². The predicted molar refractivity (Wildman–Crippen MR) is 139 cm³/mol. The third kappa shape index (κ3) is 5.38. The maximum Gasteiger partial charge on any atom is 0.226 e. The van der Waals surface area contributed by atoms with Crippen LogP contribution in [-0.2, 0) is 17.6 Å². The first kappa shape index (κ1) is 24.3. The van der Waals surface area contributed by atoms with E-state index in [1.807, 2.05) is 12.1 Å². The normalized spacial score (nSPS) is 16.6. The van der Waals surface area contributed by atoms with Crippen molar-refractivity contribution in [3.63, 3.8) is 0 Å². The van der Waals surface area contributed by atoms with Crippen molar-refractivity contribution in [3.8, 4) is 11.5 Å². The van der Waals surface area contributed by atoms with Crippen LogP contribution in [0.5, 0.6) is 11.5 Å². The van der Waals surface area contributed by atoms with Gasteiger partial charge in [-0.25, -0.2) is 9.97 Å². The molecule has 3 aromatic rings. The molecule has 2 heterocycles. The van der Waals surface area contributed by atoms with Crippen LogP contribution >= 0.6 is 0 Å². The lowest BCUT2D eigenvalue weighted by molar-refractivity contribution is -0.126. The topological polar surface area (TPSA) is 96.8 Å². The Bertz CT molecular complexity index is 1240. The standard InChI is InChI=1S/C28H34N4O4/c1-18-25-13-20-5-3-6-21(20)14-26(25)31-28(30-18)32-11-9-19(10-12-32)27(34)29-16-22(33)17-36-24-8-4-7-23(15-24)35-2/h4,7-8,13-15,19,22,33H,3,5-6,9-12,16-17H2,1-2H3,(H,29,34)/t22-/m0/s1. The van der Waals surface area contributed by atoms with E-state index in [4.69, 9.17) is 19.4 Å². The molecule has 2 aliphatic rings. The van der Waals surface area contributed by atoms with Crippen molar-refractivity contribution in [2.24, 2.45) is 5.92 Å². The number of fused-ring (bicyclic) bond motifs is 2. The molecule has 1 fully saturated rings. The van der Waals surface area contributed by atoms with E-state index in [9.17, 15) is 9.90 Å². The second kappa shape index (κ2) is 10.7. The van der Waals surface area contributed by atoms with Gasteiger partial charge >= 0.3 is 0 Å². The SMILES string of the molecule is COc1cccc(OC[C@@H](O)CNC(=O)C2CCN(c3nc(C)c4cc5c(cc4n3)CCC5)CC2)c1. The van der Waals surface area contributed by atoms with Crippen molar-refractivity contribution in [1.29, 1.82) is 0 Å². The maximum atomic E-state index is 12.7. The summed E-state index contributed by atoms with van der Waals surface area (Å²) < 4.78 is 10.8. The Hall–Kier alpha value is -3.39. The number of nitrogens with zero attached hydrogens (tertiary/aromatic N) is 3. The zero-order valence-corrected chi connectivity index (χ0v) is 21.0. The molecular formula is C28H34N4O4. The monoisotopic (exact) mass is 490 g/mol. The van der Waals surface area contributed by atoms with Crippen molar-refractivity contribution in [2.45, 2.75) is 45.1 Å². The summed E-state index contributed by atoms with van der Waals surface area (Å²) in [5, 5.41) is 14.3. The van der Waals surface area contributed by atoms with Crippen molar-refractivity contribution >= 4 is 22.8 Å². The molecule has 8 heteroatoms. The molecule has 1 atom stereocenters. The second-order valence-electron chi connectivity index (χ2n) is 9.75. The van der Waals surface area contributed by atoms with E-state index in [1.54, 1.807) is 19.2 Å². The number of aromatic nitrogens is 2. The van der Waals surface area contributed by atoms with Crippen LogP contribution < -0.4 is 19.7 Å². The third-order valence-electron chi connectivity index (χ3n) is 7.23. The number of carbonyl (C=O) groups is 1. The minimum Gasteiger partial charge on any atom is -0.497 e. The van der Waals surface area contributed by atoms with Gasteiger partial charge in [-0.15, -0.1) is 0 Å². The van der Waals surface area contributed by atoms with Crippen molar-refractivity contribution in [1.82, 2.24) is 15.3 Å². The number of amides is 1. The predicted octanol–water partition coefficient (Wildman–Crippen LogP) is 3.21. The summed E-state index contributed by atoms with van der Waals surface area (Å²) in [6.07, 6.45) is 4.16. The quantitative estimate of drug-likeness (QED) is 0.501. The largest absolute Gasteiger partial charge is 0.497 e. The zero-order chi connectivity index (χ0) is 25.1. The van der Waals surface area contributed by atoms with Gasteiger partial charge in [-0.2, -0.15) is 0 Å². The van der Waals surface area contributed by atoms with Gasteiger partial charge in [-0.05, 0) is 74.4 Å². The van der Waals surface area contributed by atoms with Crippen LogP contribution in [0.25, 0.3) is 10.9 Å². The molecule has 0 spiro atoms. The minimum absolute atomic E-state index is 0.0266. The van der Waals surface area contributed by atoms with Gasteiger partial charge in [-0.3, -0.25) is 4.79 Å². The first-order chi connectivity index (χ1) is 17.5. The van der Waals surface area contributed by atoms with Crippen molar-refractivity contribution in [2.75, 3.05) is 38.3 Å². The van der Waals surface area contributed by atoms with Gasteiger partial charge in [0.1, 0.15) is 24.2 Å². The summed E-state index contributed by atoms with van der Waals surface area (Å²) in [6.45, 7) is 3.76. The van der Waals surface area contributed by atoms with Gasteiger partial charge in [0.15, 0.2) is 0 Å². The molecule has 8 nitrogen and oxygen atoms in total. The molecule has 1 saturated heterocycles. The molecule has 1 aromatic heterocycles. The lowest BCUT2D eigenvalue weighted by Crippen LogP contribution is -2.43. The molecular weight excluding hydrogens is 456 g/mol. The molecule has 190 valence electrons. The average molecular weight is 491 g/mol. The lowest BCUT2D eigenvalue weighted by Gasteiger charge is -2.31. The van der Waals surface area contributed by atoms with E-state index in [0.29, 0.717) is 11.5 Å². The Morgan fingerprint density at radius 1 is 1.14 bits per heavy atom. The highest BCUT2D eigenvalue weighted by molar-refractivity contribution is 5.84. The number of benzene rings is 2. The smallest absolute Gasteiger partial charge is 0.226 e. The fraction of sp³-hybridized carbons (Fsp3) is 0.464. The summed E-state index contributed by atoms with van der Waals surface area (Å²) in [6, 6.07) is 11.7. The molecule has 1 aliphatic carbocycles. The molecule has 0 saturated carbocycles. The van der Waals surface area contributed by atoms with Crippen LogP contribution in [0.2, 0.25) is 0 Å². The Labute approximate surface area is 211 Å². The number of hydrogen-bond donors (Lipinski definition) is 2. The summed E-state index contributed by atoms with van der Waals surface area (Å²) in [4.78, 5) is 24.6. The molecule has 2 aromatic carbocycles. The number of methoxy groups -OCH3 is 1. The van der Waals surface area contributed by atoms with E-state index in [-0.39, 0.29) is 25.0 Å². The van der Waals surface area contributed by atoms with Gasteiger partial charge in [0.2, 0.25) is 11.9 Å². The van der Waals surface area contributed by atoms with Gasteiger partial charge in [0.05, 0.1) is 18.3 Å².